The third-order valence-electron chi connectivity index (χ3n) is 2.41. The van der Waals surface area contributed by atoms with Crippen molar-refractivity contribution in [2.75, 3.05) is 26.4 Å². The van der Waals surface area contributed by atoms with Crippen molar-refractivity contribution in [2.45, 2.75) is 45.0 Å². The van der Waals surface area contributed by atoms with E-state index >= 15 is 0 Å². The summed E-state index contributed by atoms with van der Waals surface area (Å²) in [7, 11) is 0. The molecule has 0 unspecified atom stereocenters. The molecule has 1 heterocycles. The summed E-state index contributed by atoms with van der Waals surface area (Å²) in [4.78, 5) is 0. The molecule has 1 rings (SSSR count). The maximum Gasteiger partial charge on any atom is 0.160 e. The molecule has 0 spiro atoms. The Kier molecular flexibility index (Phi) is 6.92. The number of hydrogen-bond donors (Lipinski definition) is 1. The van der Waals surface area contributed by atoms with Gasteiger partial charge >= 0.3 is 0 Å². The first-order chi connectivity index (χ1) is 7.36. The standard InChI is InChI=1S/C11H22O4/c1-2-3-4-6-13-7-5-11-14-9-10(8-12)15-11/h10-12H,2-9H2,1H3/t10-,11+/m1/s1. The Morgan fingerprint density at radius 2 is 2.20 bits per heavy atom. The van der Waals surface area contributed by atoms with Gasteiger partial charge < -0.3 is 19.3 Å². The number of ether oxygens (including phenoxy) is 3. The Morgan fingerprint density at radius 3 is 2.87 bits per heavy atom. The largest absolute Gasteiger partial charge is 0.394 e. The van der Waals surface area contributed by atoms with Gasteiger partial charge in [-0.15, -0.1) is 0 Å². The van der Waals surface area contributed by atoms with E-state index in [-0.39, 0.29) is 19.0 Å². The van der Waals surface area contributed by atoms with Crippen molar-refractivity contribution >= 4 is 0 Å². The van der Waals surface area contributed by atoms with Crippen LogP contribution in [0.4, 0.5) is 0 Å². The van der Waals surface area contributed by atoms with Gasteiger partial charge in [0, 0.05) is 13.0 Å². The molecule has 0 amide bonds. The van der Waals surface area contributed by atoms with E-state index in [0.717, 1.165) is 19.4 Å². The van der Waals surface area contributed by atoms with Crippen molar-refractivity contribution in [3.8, 4) is 0 Å². The normalized spacial score (nSPS) is 26.0. The van der Waals surface area contributed by atoms with E-state index in [1.165, 1.54) is 12.8 Å². The minimum absolute atomic E-state index is 0.0356. The highest BCUT2D eigenvalue weighted by Gasteiger charge is 2.24. The second-order valence-electron chi connectivity index (χ2n) is 3.81. The highest BCUT2D eigenvalue weighted by Crippen LogP contribution is 2.13. The van der Waals surface area contributed by atoms with E-state index < -0.39 is 0 Å². The molecule has 0 aliphatic carbocycles. The second kappa shape index (κ2) is 8.05. The van der Waals surface area contributed by atoms with Crippen LogP contribution in [-0.2, 0) is 14.2 Å². The van der Waals surface area contributed by atoms with Gasteiger partial charge in [0.2, 0.25) is 0 Å². The van der Waals surface area contributed by atoms with Gasteiger partial charge in [-0.3, -0.25) is 0 Å². The molecule has 4 heteroatoms. The molecule has 1 fully saturated rings. The Balaban J connectivity index is 1.88. The molecule has 1 N–H and O–H groups in total. The van der Waals surface area contributed by atoms with E-state index in [0.29, 0.717) is 13.2 Å². The maximum absolute atomic E-state index is 8.82. The molecule has 0 radical (unpaired) electrons. The zero-order valence-electron chi connectivity index (χ0n) is 9.48. The zero-order valence-corrected chi connectivity index (χ0v) is 9.48. The minimum Gasteiger partial charge on any atom is -0.394 e. The fraction of sp³-hybridized carbons (Fsp3) is 1.00. The van der Waals surface area contributed by atoms with E-state index in [1.54, 1.807) is 0 Å². The molecule has 0 aromatic heterocycles. The lowest BCUT2D eigenvalue weighted by Crippen LogP contribution is -2.17. The van der Waals surface area contributed by atoms with Crippen molar-refractivity contribution in [3.63, 3.8) is 0 Å². The summed E-state index contributed by atoms with van der Waals surface area (Å²) in [5, 5.41) is 8.82. The van der Waals surface area contributed by atoms with Crippen LogP contribution >= 0.6 is 0 Å². The number of aliphatic hydroxyl groups is 1. The van der Waals surface area contributed by atoms with Crippen LogP contribution in [0.5, 0.6) is 0 Å². The molecular weight excluding hydrogens is 196 g/mol. The summed E-state index contributed by atoms with van der Waals surface area (Å²) in [5.41, 5.74) is 0. The lowest BCUT2D eigenvalue weighted by Gasteiger charge is -2.10. The lowest BCUT2D eigenvalue weighted by molar-refractivity contribution is -0.0810. The third kappa shape index (κ3) is 5.47. The van der Waals surface area contributed by atoms with Gasteiger partial charge in [-0.05, 0) is 6.42 Å². The first-order valence-electron chi connectivity index (χ1n) is 5.82. The van der Waals surface area contributed by atoms with Crippen LogP contribution in [-0.4, -0.2) is 43.9 Å². The van der Waals surface area contributed by atoms with Gasteiger partial charge in [0.05, 0.1) is 19.8 Å². The molecule has 0 bridgehead atoms. The average molecular weight is 218 g/mol. The van der Waals surface area contributed by atoms with E-state index in [4.69, 9.17) is 19.3 Å². The minimum atomic E-state index is -0.187. The summed E-state index contributed by atoms with van der Waals surface area (Å²) >= 11 is 0. The maximum atomic E-state index is 8.82. The summed E-state index contributed by atoms with van der Waals surface area (Å²) < 4.78 is 16.2. The van der Waals surface area contributed by atoms with Gasteiger partial charge in [-0.1, -0.05) is 19.8 Å². The number of aliphatic hydroxyl groups excluding tert-OH is 1. The van der Waals surface area contributed by atoms with Gasteiger partial charge in [-0.2, -0.15) is 0 Å². The summed E-state index contributed by atoms with van der Waals surface area (Å²) in [5.74, 6) is 0. The topological polar surface area (TPSA) is 47.9 Å². The first-order valence-corrected chi connectivity index (χ1v) is 5.82. The first kappa shape index (κ1) is 12.9. The zero-order chi connectivity index (χ0) is 10.9. The van der Waals surface area contributed by atoms with Crippen molar-refractivity contribution < 1.29 is 19.3 Å². The Morgan fingerprint density at radius 1 is 1.33 bits per heavy atom. The lowest BCUT2D eigenvalue weighted by atomic mass is 10.3. The number of rotatable bonds is 8. The van der Waals surface area contributed by atoms with Crippen LogP contribution in [0.25, 0.3) is 0 Å². The molecular formula is C11H22O4. The van der Waals surface area contributed by atoms with Crippen LogP contribution in [0.3, 0.4) is 0 Å². The average Bonchev–Trinajstić information content (AvgIpc) is 2.71. The molecule has 1 saturated heterocycles. The van der Waals surface area contributed by atoms with Crippen LogP contribution in [0.1, 0.15) is 32.6 Å². The fourth-order valence-electron chi connectivity index (χ4n) is 1.49. The smallest absolute Gasteiger partial charge is 0.160 e. The molecule has 0 aromatic rings. The summed E-state index contributed by atoms with van der Waals surface area (Å²) in [6, 6.07) is 0. The Bertz CT molecular complexity index is 152. The summed E-state index contributed by atoms with van der Waals surface area (Å²) in [6.07, 6.45) is 3.99. The quantitative estimate of drug-likeness (QED) is 0.624. The summed E-state index contributed by atoms with van der Waals surface area (Å²) in [6.45, 7) is 4.20. The number of hydrogen-bond acceptors (Lipinski definition) is 4. The molecule has 0 saturated carbocycles. The predicted molar refractivity (Wildman–Crippen MR) is 56.7 cm³/mol. The van der Waals surface area contributed by atoms with Gasteiger partial charge in [0.25, 0.3) is 0 Å². The molecule has 1 aliphatic heterocycles. The SMILES string of the molecule is CCCCCOCC[C@H]1OC[C@@H](CO)O1. The molecule has 90 valence electrons. The molecule has 2 atom stereocenters. The van der Waals surface area contributed by atoms with Gasteiger partial charge in [0.15, 0.2) is 6.29 Å². The van der Waals surface area contributed by atoms with Crippen LogP contribution in [0, 0.1) is 0 Å². The van der Waals surface area contributed by atoms with Crippen molar-refractivity contribution in [3.05, 3.63) is 0 Å². The molecule has 1 aliphatic rings. The van der Waals surface area contributed by atoms with Crippen LogP contribution in [0.2, 0.25) is 0 Å². The monoisotopic (exact) mass is 218 g/mol. The van der Waals surface area contributed by atoms with Gasteiger partial charge in [0.1, 0.15) is 6.10 Å². The number of unbranched alkanes of at least 4 members (excludes halogenated alkanes) is 2. The highest BCUT2D eigenvalue weighted by molar-refractivity contribution is 4.63. The van der Waals surface area contributed by atoms with Crippen LogP contribution in [0.15, 0.2) is 0 Å². The van der Waals surface area contributed by atoms with Crippen LogP contribution < -0.4 is 0 Å². The molecule has 15 heavy (non-hydrogen) atoms. The van der Waals surface area contributed by atoms with Crippen molar-refractivity contribution in [1.82, 2.24) is 0 Å². The third-order valence-corrected chi connectivity index (χ3v) is 2.41. The fourth-order valence-corrected chi connectivity index (χ4v) is 1.49. The van der Waals surface area contributed by atoms with E-state index in [9.17, 15) is 0 Å². The Labute approximate surface area is 91.5 Å². The predicted octanol–water partition coefficient (Wildman–Crippen LogP) is 1.32. The van der Waals surface area contributed by atoms with E-state index in [2.05, 4.69) is 6.92 Å². The molecule has 0 aromatic carbocycles. The second-order valence-corrected chi connectivity index (χ2v) is 3.81. The Hall–Kier alpha value is -0.160. The van der Waals surface area contributed by atoms with Gasteiger partial charge in [-0.25, -0.2) is 0 Å². The van der Waals surface area contributed by atoms with Crippen molar-refractivity contribution in [2.24, 2.45) is 0 Å². The highest BCUT2D eigenvalue weighted by atomic mass is 16.7. The molecule has 4 nitrogen and oxygen atoms in total. The van der Waals surface area contributed by atoms with Crippen molar-refractivity contribution in [1.29, 1.82) is 0 Å². The van der Waals surface area contributed by atoms with E-state index in [1.807, 2.05) is 0 Å².